The molecule has 0 N–H and O–H groups in total. The third-order valence-electron chi connectivity index (χ3n) is 4.25. The summed E-state index contributed by atoms with van der Waals surface area (Å²) in [6.07, 6.45) is 7.12. The SMILES string of the molecule is CCC(CC)n1ccc(CN2CCC(CCBr)C2)n1. The van der Waals surface area contributed by atoms with Gasteiger partial charge < -0.3 is 0 Å². The van der Waals surface area contributed by atoms with Crippen LogP contribution in [0.5, 0.6) is 0 Å². The molecule has 1 fully saturated rings. The van der Waals surface area contributed by atoms with Crippen molar-refractivity contribution >= 4 is 15.9 Å². The van der Waals surface area contributed by atoms with Gasteiger partial charge in [-0.2, -0.15) is 5.10 Å². The Morgan fingerprint density at radius 2 is 2.21 bits per heavy atom. The van der Waals surface area contributed by atoms with Crippen LogP contribution in [0.2, 0.25) is 0 Å². The lowest BCUT2D eigenvalue weighted by atomic mass is 10.1. The summed E-state index contributed by atoms with van der Waals surface area (Å²) < 4.78 is 2.15. The molecule has 1 aliphatic rings. The summed E-state index contributed by atoms with van der Waals surface area (Å²) in [5, 5.41) is 5.89. The van der Waals surface area contributed by atoms with Gasteiger partial charge >= 0.3 is 0 Å². The van der Waals surface area contributed by atoms with Crippen LogP contribution in [0, 0.1) is 5.92 Å². The largest absolute Gasteiger partial charge is 0.297 e. The van der Waals surface area contributed by atoms with Crippen LogP contribution >= 0.6 is 15.9 Å². The lowest BCUT2D eigenvalue weighted by molar-refractivity contribution is 0.308. The van der Waals surface area contributed by atoms with E-state index >= 15 is 0 Å². The predicted octanol–water partition coefficient (Wildman–Crippen LogP) is 3.85. The molecule has 0 aliphatic carbocycles. The van der Waals surface area contributed by atoms with Crippen LogP contribution < -0.4 is 0 Å². The molecule has 0 aromatic carbocycles. The Balaban J connectivity index is 1.87. The van der Waals surface area contributed by atoms with Crippen molar-refractivity contribution in [3.8, 4) is 0 Å². The quantitative estimate of drug-likeness (QED) is 0.709. The molecule has 4 heteroatoms. The van der Waals surface area contributed by atoms with Gasteiger partial charge in [0.2, 0.25) is 0 Å². The number of hydrogen-bond donors (Lipinski definition) is 0. The van der Waals surface area contributed by atoms with Crippen molar-refractivity contribution in [1.29, 1.82) is 0 Å². The zero-order valence-electron chi connectivity index (χ0n) is 12.2. The zero-order valence-corrected chi connectivity index (χ0v) is 13.8. The van der Waals surface area contributed by atoms with Crippen molar-refractivity contribution in [2.75, 3.05) is 18.4 Å². The van der Waals surface area contributed by atoms with E-state index in [-0.39, 0.29) is 0 Å². The number of likely N-dealkylation sites (tertiary alicyclic amines) is 1. The molecule has 2 rings (SSSR count). The van der Waals surface area contributed by atoms with E-state index in [1.165, 1.54) is 31.6 Å². The van der Waals surface area contributed by atoms with Crippen LogP contribution in [0.15, 0.2) is 12.3 Å². The molecule has 19 heavy (non-hydrogen) atoms. The molecule has 1 unspecified atom stereocenters. The molecule has 0 radical (unpaired) electrons. The van der Waals surface area contributed by atoms with Gasteiger partial charge in [0.1, 0.15) is 0 Å². The lowest BCUT2D eigenvalue weighted by Gasteiger charge is -2.15. The molecule has 1 aromatic rings. The summed E-state index contributed by atoms with van der Waals surface area (Å²) in [5.41, 5.74) is 1.23. The molecular formula is C15H26BrN3. The standard InChI is InChI=1S/C15H26BrN3/c1-3-15(4-2)19-10-7-14(17-19)12-18-9-6-13(11-18)5-8-16/h7,10,13,15H,3-6,8-9,11-12H2,1-2H3. The van der Waals surface area contributed by atoms with Crippen molar-refractivity contribution in [2.24, 2.45) is 5.92 Å². The maximum atomic E-state index is 4.75. The fourth-order valence-corrected chi connectivity index (χ4v) is 3.65. The highest BCUT2D eigenvalue weighted by Crippen LogP contribution is 2.22. The average Bonchev–Trinajstić information content (AvgIpc) is 3.02. The molecule has 2 heterocycles. The van der Waals surface area contributed by atoms with E-state index in [0.717, 1.165) is 30.6 Å². The summed E-state index contributed by atoms with van der Waals surface area (Å²) in [6.45, 7) is 7.96. The molecule has 0 saturated carbocycles. The summed E-state index contributed by atoms with van der Waals surface area (Å²) in [6, 6.07) is 2.75. The second-order valence-electron chi connectivity index (χ2n) is 5.62. The van der Waals surface area contributed by atoms with E-state index in [1.54, 1.807) is 0 Å². The molecule has 108 valence electrons. The zero-order chi connectivity index (χ0) is 13.7. The smallest absolute Gasteiger partial charge is 0.0764 e. The Kier molecular flexibility index (Phi) is 5.89. The van der Waals surface area contributed by atoms with Crippen molar-refractivity contribution < 1.29 is 0 Å². The fraction of sp³-hybridized carbons (Fsp3) is 0.800. The lowest BCUT2D eigenvalue weighted by Crippen LogP contribution is -2.21. The summed E-state index contributed by atoms with van der Waals surface area (Å²) in [4.78, 5) is 2.55. The predicted molar refractivity (Wildman–Crippen MR) is 83.6 cm³/mol. The number of hydrogen-bond acceptors (Lipinski definition) is 2. The Hall–Kier alpha value is -0.350. The van der Waals surface area contributed by atoms with Gasteiger partial charge in [-0.1, -0.05) is 29.8 Å². The van der Waals surface area contributed by atoms with Gasteiger partial charge in [0.05, 0.1) is 11.7 Å². The maximum Gasteiger partial charge on any atom is 0.0764 e. The number of nitrogens with zero attached hydrogens (tertiary/aromatic N) is 3. The van der Waals surface area contributed by atoms with Crippen LogP contribution in [-0.2, 0) is 6.54 Å². The van der Waals surface area contributed by atoms with Crippen molar-refractivity contribution in [2.45, 2.75) is 52.1 Å². The second-order valence-corrected chi connectivity index (χ2v) is 6.42. The molecule has 1 atom stereocenters. The molecule has 0 bridgehead atoms. The highest BCUT2D eigenvalue weighted by Gasteiger charge is 2.22. The van der Waals surface area contributed by atoms with Crippen molar-refractivity contribution in [3.05, 3.63) is 18.0 Å². The average molecular weight is 328 g/mol. The third-order valence-corrected chi connectivity index (χ3v) is 4.71. The van der Waals surface area contributed by atoms with E-state index in [1.807, 2.05) is 0 Å². The third kappa shape index (κ3) is 4.06. The van der Waals surface area contributed by atoms with E-state index in [4.69, 9.17) is 5.10 Å². The Bertz CT molecular complexity index is 373. The van der Waals surface area contributed by atoms with E-state index in [9.17, 15) is 0 Å². The first-order valence-electron chi connectivity index (χ1n) is 7.59. The first-order chi connectivity index (χ1) is 9.26. The van der Waals surface area contributed by atoms with Crippen LogP contribution in [0.1, 0.15) is 51.3 Å². The van der Waals surface area contributed by atoms with Crippen LogP contribution in [0.25, 0.3) is 0 Å². The summed E-state index contributed by atoms with van der Waals surface area (Å²) in [5.74, 6) is 0.875. The van der Waals surface area contributed by atoms with Gasteiger partial charge in [0, 0.05) is 24.6 Å². The minimum absolute atomic E-state index is 0.563. The summed E-state index contributed by atoms with van der Waals surface area (Å²) >= 11 is 3.55. The van der Waals surface area contributed by atoms with Crippen LogP contribution in [-0.4, -0.2) is 33.1 Å². The number of halogens is 1. The minimum atomic E-state index is 0.563. The topological polar surface area (TPSA) is 21.1 Å². The first kappa shape index (κ1) is 15.0. The van der Waals surface area contributed by atoms with Crippen molar-refractivity contribution in [3.63, 3.8) is 0 Å². The van der Waals surface area contributed by atoms with Crippen molar-refractivity contribution in [1.82, 2.24) is 14.7 Å². The Labute approximate surface area is 125 Å². The van der Waals surface area contributed by atoms with Crippen LogP contribution in [0.4, 0.5) is 0 Å². The van der Waals surface area contributed by atoms with Gasteiger partial charge in [-0.15, -0.1) is 0 Å². The number of rotatable bonds is 7. The summed E-state index contributed by atoms with van der Waals surface area (Å²) in [7, 11) is 0. The highest BCUT2D eigenvalue weighted by molar-refractivity contribution is 9.09. The van der Waals surface area contributed by atoms with Gasteiger partial charge in [0.15, 0.2) is 0 Å². The molecule has 1 aromatic heterocycles. The normalized spacial score (nSPS) is 20.5. The first-order valence-corrected chi connectivity index (χ1v) is 8.71. The minimum Gasteiger partial charge on any atom is -0.297 e. The fourth-order valence-electron chi connectivity index (χ4n) is 3.00. The highest BCUT2D eigenvalue weighted by atomic mass is 79.9. The molecule has 0 spiro atoms. The van der Waals surface area contributed by atoms with Gasteiger partial charge in [0.25, 0.3) is 0 Å². The number of aromatic nitrogens is 2. The second kappa shape index (κ2) is 7.44. The maximum absolute atomic E-state index is 4.75. The molecular weight excluding hydrogens is 302 g/mol. The molecule has 0 amide bonds. The number of alkyl halides is 1. The van der Waals surface area contributed by atoms with Gasteiger partial charge in [-0.05, 0) is 44.2 Å². The molecule has 1 aliphatic heterocycles. The van der Waals surface area contributed by atoms with Crippen LogP contribution in [0.3, 0.4) is 0 Å². The van der Waals surface area contributed by atoms with E-state index in [2.05, 4.69) is 51.6 Å². The molecule has 1 saturated heterocycles. The van der Waals surface area contributed by atoms with Gasteiger partial charge in [-0.3, -0.25) is 9.58 Å². The Morgan fingerprint density at radius 1 is 1.42 bits per heavy atom. The van der Waals surface area contributed by atoms with Gasteiger partial charge in [-0.25, -0.2) is 0 Å². The molecule has 3 nitrogen and oxygen atoms in total. The monoisotopic (exact) mass is 327 g/mol. The van der Waals surface area contributed by atoms with E-state index < -0.39 is 0 Å². The Morgan fingerprint density at radius 3 is 2.89 bits per heavy atom. The van der Waals surface area contributed by atoms with E-state index in [0.29, 0.717) is 6.04 Å².